The summed E-state index contributed by atoms with van der Waals surface area (Å²) in [7, 11) is 1.29. The molecule has 0 aliphatic heterocycles. The summed E-state index contributed by atoms with van der Waals surface area (Å²) in [6.45, 7) is 0.0360. The number of carbonyl (C=O) groups excluding carboxylic acids is 1. The average Bonchev–Trinajstić information content (AvgIpc) is 2.27. The first-order valence-electron chi connectivity index (χ1n) is 4.27. The van der Waals surface area contributed by atoms with Crippen LogP contribution in [0.25, 0.3) is 0 Å². The number of anilines is 1. The van der Waals surface area contributed by atoms with E-state index >= 15 is 0 Å². The Bertz CT molecular complexity index is 357. The highest BCUT2D eigenvalue weighted by molar-refractivity contribution is 7.99. The Kier molecular flexibility index (Phi) is 4.38. The van der Waals surface area contributed by atoms with Crippen molar-refractivity contribution >= 4 is 23.4 Å². The molecule has 0 spiro atoms. The number of nitrogens with two attached hydrogens (primary N) is 1. The van der Waals surface area contributed by atoms with Crippen LogP contribution in [0.2, 0.25) is 0 Å². The number of esters is 1. The topological polar surface area (TPSA) is 85.4 Å². The molecule has 0 aliphatic carbocycles. The van der Waals surface area contributed by atoms with Gasteiger partial charge in [-0.15, -0.1) is 11.8 Å². The molecule has 0 radical (unpaired) electrons. The van der Waals surface area contributed by atoms with E-state index in [2.05, 4.69) is 9.72 Å². The molecule has 0 saturated carbocycles. The first-order valence-corrected chi connectivity index (χ1v) is 5.26. The van der Waals surface area contributed by atoms with Gasteiger partial charge in [-0.25, -0.2) is 9.78 Å². The van der Waals surface area contributed by atoms with Crippen LogP contribution in [0.3, 0.4) is 0 Å². The second kappa shape index (κ2) is 5.57. The summed E-state index contributed by atoms with van der Waals surface area (Å²) in [5.41, 5.74) is 6.36. The van der Waals surface area contributed by atoms with Gasteiger partial charge in [0.25, 0.3) is 0 Å². The van der Waals surface area contributed by atoms with E-state index in [0.29, 0.717) is 16.5 Å². The van der Waals surface area contributed by atoms with Crippen LogP contribution in [0, 0.1) is 0 Å². The summed E-state index contributed by atoms with van der Waals surface area (Å²) in [5, 5.41) is 9.20. The fraction of sp³-hybridized carbons (Fsp3) is 0.333. The SMILES string of the molecule is COC(=O)c1ccc(N)c(SCCO)n1. The molecular weight excluding hydrogens is 216 g/mol. The smallest absolute Gasteiger partial charge is 0.356 e. The van der Waals surface area contributed by atoms with Gasteiger partial charge in [0.15, 0.2) is 0 Å². The maximum absolute atomic E-state index is 11.2. The van der Waals surface area contributed by atoms with Crippen molar-refractivity contribution in [2.45, 2.75) is 5.03 Å². The van der Waals surface area contributed by atoms with E-state index in [1.165, 1.54) is 24.9 Å². The summed E-state index contributed by atoms with van der Waals surface area (Å²) >= 11 is 1.30. The largest absolute Gasteiger partial charge is 0.464 e. The number of pyridine rings is 1. The van der Waals surface area contributed by atoms with Crippen molar-refractivity contribution in [1.29, 1.82) is 0 Å². The number of aliphatic hydroxyl groups excluding tert-OH is 1. The predicted octanol–water partition coefficient (Wildman–Crippen LogP) is 0.535. The molecular formula is C9H12N2O3S. The second-order valence-corrected chi connectivity index (χ2v) is 3.74. The lowest BCUT2D eigenvalue weighted by Gasteiger charge is -2.05. The molecule has 0 unspecified atom stereocenters. The highest BCUT2D eigenvalue weighted by atomic mass is 32.2. The molecule has 1 aromatic heterocycles. The van der Waals surface area contributed by atoms with Gasteiger partial charge in [-0.05, 0) is 12.1 Å². The van der Waals surface area contributed by atoms with Gasteiger partial charge in [-0.3, -0.25) is 0 Å². The van der Waals surface area contributed by atoms with E-state index in [9.17, 15) is 4.79 Å². The Balaban J connectivity index is 2.89. The lowest BCUT2D eigenvalue weighted by Crippen LogP contribution is -2.06. The van der Waals surface area contributed by atoms with E-state index in [1.807, 2.05) is 0 Å². The monoisotopic (exact) mass is 228 g/mol. The number of ether oxygens (including phenoxy) is 1. The minimum atomic E-state index is -0.499. The average molecular weight is 228 g/mol. The Morgan fingerprint density at radius 1 is 1.67 bits per heavy atom. The van der Waals surface area contributed by atoms with Crippen molar-refractivity contribution in [2.24, 2.45) is 0 Å². The molecule has 5 nitrogen and oxygen atoms in total. The molecule has 3 N–H and O–H groups in total. The van der Waals surface area contributed by atoms with E-state index in [-0.39, 0.29) is 12.3 Å². The fourth-order valence-electron chi connectivity index (χ4n) is 0.927. The molecule has 0 fully saturated rings. The van der Waals surface area contributed by atoms with Crippen molar-refractivity contribution in [3.05, 3.63) is 17.8 Å². The molecule has 1 heterocycles. The van der Waals surface area contributed by atoms with Crippen LogP contribution >= 0.6 is 11.8 Å². The standard InChI is InChI=1S/C9H12N2O3S/c1-14-9(13)7-3-2-6(10)8(11-7)15-5-4-12/h2-3,12H,4-5,10H2,1H3. The molecule has 0 saturated heterocycles. The van der Waals surface area contributed by atoms with Gasteiger partial charge >= 0.3 is 5.97 Å². The van der Waals surface area contributed by atoms with Gasteiger partial charge in [-0.1, -0.05) is 0 Å². The van der Waals surface area contributed by atoms with Gasteiger partial charge in [0, 0.05) is 5.75 Å². The molecule has 1 rings (SSSR count). The van der Waals surface area contributed by atoms with E-state index < -0.39 is 5.97 Å². The molecule has 6 heteroatoms. The fourth-order valence-corrected chi connectivity index (χ4v) is 1.61. The highest BCUT2D eigenvalue weighted by Gasteiger charge is 2.10. The zero-order valence-electron chi connectivity index (χ0n) is 8.27. The Morgan fingerprint density at radius 3 is 3.00 bits per heavy atom. The van der Waals surface area contributed by atoms with Crippen molar-refractivity contribution in [3.63, 3.8) is 0 Å². The molecule has 1 aromatic rings. The van der Waals surface area contributed by atoms with Crippen LogP contribution in [0.4, 0.5) is 5.69 Å². The molecule has 0 atom stereocenters. The van der Waals surface area contributed by atoms with Crippen LogP contribution in [0.1, 0.15) is 10.5 Å². The van der Waals surface area contributed by atoms with Crippen LogP contribution in [0.15, 0.2) is 17.2 Å². The molecule has 0 aliphatic rings. The van der Waals surface area contributed by atoms with Crippen LogP contribution in [0.5, 0.6) is 0 Å². The molecule has 15 heavy (non-hydrogen) atoms. The summed E-state index contributed by atoms with van der Waals surface area (Å²) in [5.74, 6) is -0.0113. The lowest BCUT2D eigenvalue weighted by atomic mass is 10.3. The van der Waals surface area contributed by atoms with Crippen molar-refractivity contribution in [2.75, 3.05) is 25.2 Å². The predicted molar refractivity (Wildman–Crippen MR) is 57.8 cm³/mol. The van der Waals surface area contributed by atoms with Crippen molar-refractivity contribution in [1.82, 2.24) is 4.98 Å². The van der Waals surface area contributed by atoms with Crippen LogP contribution in [-0.4, -0.2) is 35.5 Å². The highest BCUT2D eigenvalue weighted by Crippen LogP contribution is 2.22. The van der Waals surface area contributed by atoms with Gasteiger partial charge < -0.3 is 15.6 Å². The van der Waals surface area contributed by atoms with Gasteiger partial charge in [0.2, 0.25) is 0 Å². The Morgan fingerprint density at radius 2 is 2.40 bits per heavy atom. The van der Waals surface area contributed by atoms with Crippen molar-refractivity contribution < 1.29 is 14.6 Å². The normalized spacial score (nSPS) is 10.0. The summed E-state index contributed by atoms with van der Waals surface area (Å²) in [4.78, 5) is 15.2. The number of nitrogen functional groups attached to an aromatic ring is 1. The number of hydrogen-bond acceptors (Lipinski definition) is 6. The summed E-state index contributed by atoms with van der Waals surface area (Å²) in [6.07, 6.45) is 0. The number of methoxy groups -OCH3 is 1. The number of thioether (sulfide) groups is 1. The van der Waals surface area contributed by atoms with Crippen molar-refractivity contribution in [3.8, 4) is 0 Å². The van der Waals surface area contributed by atoms with Gasteiger partial charge in [0.1, 0.15) is 10.7 Å². The number of hydrogen-bond donors (Lipinski definition) is 2. The zero-order valence-corrected chi connectivity index (χ0v) is 9.08. The second-order valence-electron chi connectivity index (χ2n) is 2.65. The first-order chi connectivity index (χ1) is 7.19. The number of aliphatic hydroxyl groups is 1. The van der Waals surface area contributed by atoms with E-state index in [0.717, 1.165) is 0 Å². The maximum atomic E-state index is 11.2. The van der Waals surface area contributed by atoms with E-state index in [4.69, 9.17) is 10.8 Å². The summed E-state index contributed by atoms with van der Waals surface area (Å²) in [6, 6.07) is 3.10. The third-order valence-corrected chi connectivity index (χ3v) is 2.60. The Hall–Kier alpha value is -1.27. The number of carbonyl (C=O) groups is 1. The molecule has 0 aromatic carbocycles. The molecule has 0 bridgehead atoms. The minimum absolute atomic E-state index is 0.0360. The maximum Gasteiger partial charge on any atom is 0.356 e. The Labute approximate surface area is 91.6 Å². The molecule has 0 amide bonds. The quantitative estimate of drug-likeness (QED) is 0.577. The minimum Gasteiger partial charge on any atom is -0.464 e. The van der Waals surface area contributed by atoms with Crippen LogP contribution < -0.4 is 5.73 Å². The van der Waals surface area contributed by atoms with E-state index in [1.54, 1.807) is 6.07 Å². The number of nitrogens with zero attached hydrogens (tertiary/aromatic N) is 1. The number of aromatic nitrogens is 1. The first kappa shape index (κ1) is 11.8. The van der Waals surface area contributed by atoms with Gasteiger partial charge in [-0.2, -0.15) is 0 Å². The number of rotatable bonds is 4. The van der Waals surface area contributed by atoms with Crippen LogP contribution in [-0.2, 0) is 4.74 Å². The third-order valence-electron chi connectivity index (χ3n) is 1.61. The lowest BCUT2D eigenvalue weighted by molar-refractivity contribution is 0.0593. The molecule has 82 valence electrons. The zero-order chi connectivity index (χ0) is 11.3. The summed E-state index contributed by atoms with van der Waals surface area (Å²) < 4.78 is 4.53. The van der Waals surface area contributed by atoms with Gasteiger partial charge in [0.05, 0.1) is 19.4 Å². The third kappa shape index (κ3) is 3.10.